The van der Waals surface area contributed by atoms with Gasteiger partial charge in [-0.3, -0.25) is 4.79 Å². The first kappa shape index (κ1) is 18.6. The Morgan fingerprint density at radius 1 is 1.21 bits per heavy atom. The van der Waals surface area contributed by atoms with Crippen molar-refractivity contribution >= 4 is 16.9 Å². The number of benzene rings is 2. The summed E-state index contributed by atoms with van der Waals surface area (Å²) in [6, 6.07) is 15.7. The first-order valence-corrected chi connectivity index (χ1v) is 9.64. The number of aryl methyl sites for hydroxylation is 1. The van der Waals surface area contributed by atoms with Crippen molar-refractivity contribution in [1.82, 2.24) is 4.90 Å². The van der Waals surface area contributed by atoms with E-state index in [2.05, 4.69) is 0 Å². The summed E-state index contributed by atoms with van der Waals surface area (Å²) in [5, 5.41) is 0.809. The number of hydrogen-bond donors (Lipinski definition) is 0. The van der Waals surface area contributed by atoms with Gasteiger partial charge in [0.15, 0.2) is 0 Å². The van der Waals surface area contributed by atoms with Gasteiger partial charge in [0.05, 0.1) is 12.2 Å². The van der Waals surface area contributed by atoms with Gasteiger partial charge in [-0.2, -0.15) is 0 Å². The predicted octanol–water partition coefficient (Wildman–Crippen LogP) is 4.43. The van der Waals surface area contributed by atoms with E-state index in [1.54, 1.807) is 7.11 Å². The standard InChI is InChI=1S/C23H25NO4/c1-16-22(23(25)24-11-10-18(13-24)14-26-2)20-12-19(8-9-21(20)28-16)27-15-17-6-4-3-5-7-17/h3-9,12,18H,10-11,13-15H2,1-2H3/t18-/m1/s1. The third-order valence-corrected chi connectivity index (χ3v) is 5.27. The molecule has 0 aliphatic carbocycles. The predicted molar refractivity (Wildman–Crippen MR) is 108 cm³/mol. The van der Waals surface area contributed by atoms with Crippen LogP contribution in [0.1, 0.15) is 28.1 Å². The number of likely N-dealkylation sites (tertiary alicyclic amines) is 1. The molecule has 0 saturated carbocycles. The van der Waals surface area contributed by atoms with Crippen LogP contribution in [0.25, 0.3) is 11.0 Å². The Balaban J connectivity index is 1.56. The molecule has 5 nitrogen and oxygen atoms in total. The quantitative estimate of drug-likeness (QED) is 0.636. The molecule has 28 heavy (non-hydrogen) atoms. The highest BCUT2D eigenvalue weighted by atomic mass is 16.5. The largest absolute Gasteiger partial charge is 0.489 e. The molecule has 3 aromatic rings. The zero-order valence-corrected chi connectivity index (χ0v) is 16.3. The fraction of sp³-hybridized carbons (Fsp3) is 0.348. The molecule has 1 aromatic heterocycles. The Bertz CT molecular complexity index is 963. The minimum atomic E-state index is 0.0232. The van der Waals surface area contributed by atoms with Crippen molar-refractivity contribution in [3.8, 4) is 5.75 Å². The van der Waals surface area contributed by atoms with E-state index < -0.39 is 0 Å². The van der Waals surface area contributed by atoms with Crippen molar-refractivity contribution in [2.24, 2.45) is 5.92 Å². The highest BCUT2D eigenvalue weighted by molar-refractivity contribution is 6.07. The normalized spacial score (nSPS) is 16.6. The molecule has 146 valence electrons. The first-order valence-electron chi connectivity index (χ1n) is 9.64. The Morgan fingerprint density at radius 2 is 2.04 bits per heavy atom. The highest BCUT2D eigenvalue weighted by Crippen LogP contribution is 2.31. The second kappa shape index (κ2) is 8.07. The van der Waals surface area contributed by atoms with E-state index >= 15 is 0 Å². The summed E-state index contributed by atoms with van der Waals surface area (Å²) in [4.78, 5) is 15.1. The van der Waals surface area contributed by atoms with Gasteiger partial charge in [0.25, 0.3) is 5.91 Å². The molecule has 1 fully saturated rings. The smallest absolute Gasteiger partial charge is 0.258 e. The summed E-state index contributed by atoms with van der Waals surface area (Å²) in [6.07, 6.45) is 0.972. The molecule has 1 aliphatic heterocycles. The summed E-state index contributed by atoms with van der Waals surface area (Å²) in [5.74, 6) is 1.80. The molecule has 0 spiro atoms. The number of carbonyl (C=O) groups is 1. The summed E-state index contributed by atoms with van der Waals surface area (Å²) >= 11 is 0. The maximum atomic E-state index is 13.2. The van der Waals surface area contributed by atoms with Gasteiger partial charge < -0.3 is 18.8 Å². The monoisotopic (exact) mass is 379 g/mol. The Hall–Kier alpha value is -2.79. The average molecular weight is 379 g/mol. The molecule has 0 N–H and O–H groups in total. The maximum Gasteiger partial charge on any atom is 0.258 e. The molecule has 5 heteroatoms. The molecule has 2 aromatic carbocycles. The Morgan fingerprint density at radius 3 is 2.82 bits per heavy atom. The van der Waals surface area contributed by atoms with Crippen LogP contribution in [0.4, 0.5) is 0 Å². The van der Waals surface area contributed by atoms with Gasteiger partial charge in [-0.25, -0.2) is 0 Å². The van der Waals surface area contributed by atoms with E-state index in [0.29, 0.717) is 36.0 Å². The molecule has 1 saturated heterocycles. The first-order chi connectivity index (χ1) is 13.7. The Kier molecular flexibility index (Phi) is 5.35. The number of carbonyl (C=O) groups excluding carboxylic acids is 1. The fourth-order valence-electron chi connectivity index (χ4n) is 3.84. The van der Waals surface area contributed by atoms with Crippen LogP contribution in [0.5, 0.6) is 5.75 Å². The molecule has 1 aliphatic rings. The number of nitrogens with zero attached hydrogens (tertiary/aromatic N) is 1. The molecule has 1 atom stereocenters. The van der Waals surface area contributed by atoms with Gasteiger partial charge >= 0.3 is 0 Å². The van der Waals surface area contributed by atoms with E-state index in [-0.39, 0.29) is 5.91 Å². The Labute approximate surface area is 164 Å². The SMILES string of the molecule is COC[C@@H]1CCN(C(=O)c2c(C)oc3ccc(OCc4ccccc4)cc23)C1. The molecule has 1 amide bonds. The minimum absolute atomic E-state index is 0.0232. The van der Waals surface area contributed by atoms with Crippen molar-refractivity contribution in [1.29, 1.82) is 0 Å². The zero-order chi connectivity index (χ0) is 19.5. The number of hydrogen-bond acceptors (Lipinski definition) is 4. The third-order valence-electron chi connectivity index (χ3n) is 5.27. The maximum absolute atomic E-state index is 13.2. The van der Waals surface area contributed by atoms with Crippen LogP contribution in [-0.4, -0.2) is 37.6 Å². The summed E-state index contributed by atoms with van der Waals surface area (Å²) in [7, 11) is 1.70. The highest BCUT2D eigenvalue weighted by Gasteiger charge is 2.30. The van der Waals surface area contributed by atoms with Gasteiger partial charge in [-0.1, -0.05) is 30.3 Å². The van der Waals surface area contributed by atoms with Crippen LogP contribution in [0, 0.1) is 12.8 Å². The summed E-state index contributed by atoms with van der Waals surface area (Å²) < 4.78 is 17.0. The number of rotatable bonds is 6. The van der Waals surface area contributed by atoms with Gasteiger partial charge in [-0.15, -0.1) is 0 Å². The van der Waals surface area contributed by atoms with Gasteiger partial charge in [-0.05, 0) is 37.1 Å². The molecule has 0 bridgehead atoms. The fourth-order valence-corrected chi connectivity index (χ4v) is 3.84. The second-order valence-corrected chi connectivity index (χ2v) is 7.33. The number of fused-ring (bicyclic) bond motifs is 1. The third kappa shape index (κ3) is 3.76. The second-order valence-electron chi connectivity index (χ2n) is 7.33. The van der Waals surface area contributed by atoms with Gasteiger partial charge in [0, 0.05) is 31.5 Å². The van der Waals surface area contributed by atoms with Crippen molar-refractivity contribution < 1.29 is 18.7 Å². The molecule has 0 radical (unpaired) electrons. The van der Waals surface area contributed by atoms with Gasteiger partial charge in [0.1, 0.15) is 23.7 Å². The van der Waals surface area contributed by atoms with E-state index in [4.69, 9.17) is 13.9 Å². The number of ether oxygens (including phenoxy) is 2. The van der Waals surface area contributed by atoms with Crippen LogP contribution in [0.3, 0.4) is 0 Å². The van der Waals surface area contributed by atoms with Crippen LogP contribution in [-0.2, 0) is 11.3 Å². The van der Waals surface area contributed by atoms with Crippen molar-refractivity contribution in [2.75, 3.05) is 26.8 Å². The lowest BCUT2D eigenvalue weighted by Crippen LogP contribution is -2.29. The number of methoxy groups -OCH3 is 1. The average Bonchev–Trinajstić information content (AvgIpc) is 3.30. The molecule has 4 rings (SSSR count). The number of furan rings is 1. The molecular weight excluding hydrogens is 354 g/mol. The van der Waals surface area contributed by atoms with E-state index in [1.165, 1.54) is 0 Å². The van der Waals surface area contributed by atoms with Crippen LogP contribution in [0.2, 0.25) is 0 Å². The van der Waals surface area contributed by atoms with E-state index in [1.807, 2.05) is 60.4 Å². The van der Waals surface area contributed by atoms with E-state index in [0.717, 1.165) is 36.2 Å². The lowest BCUT2D eigenvalue weighted by Gasteiger charge is -2.16. The zero-order valence-electron chi connectivity index (χ0n) is 16.3. The molecular formula is C23H25NO4. The van der Waals surface area contributed by atoms with Crippen molar-refractivity contribution in [2.45, 2.75) is 20.0 Å². The van der Waals surface area contributed by atoms with E-state index in [9.17, 15) is 4.79 Å². The van der Waals surface area contributed by atoms with Crippen LogP contribution < -0.4 is 4.74 Å². The summed E-state index contributed by atoms with van der Waals surface area (Å²) in [5.41, 5.74) is 2.45. The topological polar surface area (TPSA) is 51.9 Å². The number of amides is 1. The van der Waals surface area contributed by atoms with Crippen LogP contribution in [0.15, 0.2) is 52.9 Å². The summed E-state index contributed by atoms with van der Waals surface area (Å²) in [6.45, 7) is 4.50. The van der Waals surface area contributed by atoms with Crippen LogP contribution >= 0.6 is 0 Å². The van der Waals surface area contributed by atoms with Crippen molar-refractivity contribution in [3.63, 3.8) is 0 Å². The minimum Gasteiger partial charge on any atom is -0.489 e. The molecule has 2 heterocycles. The lowest BCUT2D eigenvalue weighted by molar-refractivity contribution is 0.0775. The van der Waals surface area contributed by atoms with Crippen molar-refractivity contribution in [3.05, 3.63) is 65.4 Å². The molecule has 0 unspecified atom stereocenters. The van der Waals surface area contributed by atoms with Gasteiger partial charge in [0.2, 0.25) is 0 Å². The lowest BCUT2D eigenvalue weighted by atomic mass is 10.1.